The van der Waals surface area contributed by atoms with Crippen LogP contribution in [0.25, 0.3) is 10.2 Å². The van der Waals surface area contributed by atoms with E-state index in [0.29, 0.717) is 53.1 Å². The molecule has 1 aliphatic rings. The van der Waals surface area contributed by atoms with E-state index in [4.69, 9.17) is 23.7 Å². The van der Waals surface area contributed by atoms with E-state index in [1.807, 2.05) is 23.6 Å². The molecule has 8 nitrogen and oxygen atoms in total. The van der Waals surface area contributed by atoms with Gasteiger partial charge in [0.05, 0.1) is 20.8 Å². The molecule has 1 aliphatic heterocycles. The normalized spacial score (nSPS) is 13.1. The lowest BCUT2D eigenvalue weighted by atomic mass is 10.2. The van der Waals surface area contributed by atoms with Crippen molar-refractivity contribution in [3.05, 3.63) is 40.7 Å². The number of hydrogen-bond donors (Lipinski definition) is 0. The molecule has 4 rings (SSSR count). The monoisotopic (exact) mass is 430 g/mol. The first kappa shape index (κ1) is 20.2. The third kappa shape index (κ3) is 3.73. The van der Waals surface area contributed by atoms with Crippen LogP contribution in [0.5, 0.6) is 23.0 Å². The molecule has 0 spiro atoms. The number of amides is 1. The van der Waals surface area contributed by atoms with Crippen molar-refractivity contribution in [1.29, 1.82) is 0 Å². The molecule has 0 saturated heterocycles. The number of nitrogens with zero attached hydrogens (tertiary/aromatic N) is 2. The molecule has 158 valence electrons. The van der Waals surface area contributed by atoms with Gasteiger partial charge in [-0.05, 0) is 37.3 Å². The van der Waals surface area contributed by atoms with E-state index in [9.17, 15) is 4.79 Å². The number of ether oxygens (including phenoxy) is 5. The van der Waals surface area contributed by atoms with Gasteiger partial charge in [0.1, 0.15) is 21.7 Å². The molecule has 0 N–H and O–H groups in total. The number of thiazole rings is 1. The molecular formula is C21H22N2O6S. The van der Waals surface area contributed by atoms with E-state index in [2.05, 4.69) is 4.99 Å². The van der Waals surface area contributed by atoms with Gasteiger partial charge in [-0.2, -0.15) is 4.99 Å². The van der Waals surface area contributed by atoms with Crippen molar-refractivity contribution >= 4 is 27.5 Å². The molecule has 2 heterocycles. The Balaban J connectivity index is 1.83. The third-order valence-corrected chi connectivity index (χ3v) is 5.77. The van der Waals surface area contributed by atoms with Crippen LogP contribution in [-0.4, -0.2) is 44.7 Å². The number of rotatable bonds is 7. The van der Waals surface area contributed by atoms with E-state index in [1.165, 1.54) is 11.3 Å². The van der Waals surface area contributed by atoms with Gasteiger partial charge in [-0.15, -0.1) is 0 Å². The second kappa shape index (κ2) is 8.76. The van der Waals surface area contributed by atoms with Gasteiger partial charge in [-0.3, -0.25) is 4.79 Å². The quantitative estimate of drug-likeness (QED) is 0.536. The largest absolute Gasteiger partial charge is 0.495 e. The number of carbonyl (C=O) groups is 1. The SMILES string of the molecule is CCOCCn1c(=NC(=O)c2ccc3c(c2)OCO3)sc2c(OC)ccc(OC)c21. The van der Waals surface area contributed by atoms with E-state index in [0.717, 1.165) is 10.2 Å². The summed E-state index contributed by atoms with van der Waals surface area (Å²) in [5, 5.41) is 0. The average Bonchev–Trinajstić information content (AvgIpc) is 3.37. The van der Waals surface area contributed by atoms with Crippen molar-refractivity contribution < 1.29 is 28.5 Å². The lowest BCUT2D eigenvalue weighted by Crippen LogP contribution is -2.20. The molecule has 0 bridgehead atoms. The molecule has 0 radical (unpaired) electrons. The Kier molecular flexibility index (Phi) is 5.91. The molecule has 9 heteroatoms. The first-order valence-corrected chi connectivity index (χ1v) is 10.3. The zero-order valence-electron chi connectivity index (χ0n) is 17.0. The molecule has 0 unspecified atom stereocenters. The van der Waals surface area contributed by atoms with Crippen LogP contribution in [0.2, 0.25) is 0 Å². The van der Waals surface area contributed by atoms with Crippen LogP contribution < -0.4 is 23.7 Å². The van der Waals surface area contributed by atoms with Crippen LogP contribution in [0.3, 0.4) is 0 Å². The predicted molar refractivity (Wildman–Crippen MR) is 112 cm³/mol. The Bertz CT molecular complexity index is 1150. The highest BCUT2D eigenvalue weighted by molar-refractivity contribution is 7.16. The molecule has 0 atom stereocenters. The highest BCUT2D eigenvalue weighted by Gasteiger charge is 2.19. The Morgan fingerprint density at radius 2 is 1.90 bits per heavy atom. The summed E-state index contributed by atoms with van der Waals surface area (Å²) in [5.41, 5.74) is 1.24. The smallest absolute Gasteiger partial charge is 0.279 e. The topological polar surface area (TPSA) is 80.5 Å². The minimum atomic E-state index is -0.372. The maximum atomic E-state index is 12.9. The van der Waals surface area contributed by atoms with E-state index in [-0.39, 0.29) is 12.7 Å². The van der Waals surface area contributed by atoms with Crippen LogP contribution >= 0.6 is 11.3 Å². The Labute approximate surface area is 177 Å². The van der Waals surface area contributed by atoms with E-state index < -0.39 is 0 Å². The van der Waals surface area contributed by atoms with Crippen LogP contribution in [0.15, 0.2) is 35.3 Å². The number of carbonyl (C=O) groups excluding carboxylic acids is 1. The second-order valence-electron chi connectivity index (χ2n) is 6.37. The minimum absolute atomic E-state index is 0.150. The summed E-state index contributed by atoms with van der Waals surface area (Å²) < 4.78 is 30.1. The van der Waals surface area contributed by atoms with Gasteiger partial charge in [-0.25, -0.2) is 0 Å². The molecule has 0 saturated carbocycles. The van der Waals surface area contributed by atoms with Crippen molar-refractivity contribution in [3.63, 3.8) is 0 Å². The van der Waals surface area contributed by atoms with Crippen molar-refractivity contribution in [2.24, 2.45) is 4.99 Å². The fraction of sp³-hybridized carbons (Fsp3) is 0.333. The van der Waals surface area contributed by atoms with Crippen LogP contribution in [0, 0.1) is 0 Å². The first-order chi connectivity index (χ1) is 14.7. The van der Waals surface area contributed by atoms with Gasteiger partial charge in [-0.1, -0.05) is 11.3 Å². The number of benzene rings is 2. The number of aromatic nitrogens is 1. The molecule has 3 aromatic rings. The van der Waals surface area contributed by atoms with Gasteiger partial charge in [0.2, 0.25) is 6.79 Å². The summed E-state index contributed by atoms with van der Waals surface area (Å²) >= 11 is 1.37. The fourth-order valence-corrected chi connectivity index (χ4v) is 4.39. The minimum Gasteiger partial charge on any atom is -0.495 e. The molecule has 0 aliphatic carbocycles. The lowest BCUT2D eigenvalue weighted by molar-refractivity contribution is 0.0996. The highest BCUT2D eigenvalue weighted by Crippen LogP contribution is 2.35. The van der Waals surface area contributed by atoms with E-state index in [1.54, 1.807) is 32.4 Å². The zero-order valence-corrected chi connectivity index (χ0v) is 17.8. The lowest BCUT2D eigenvalue weighted by Gasteiger charge is -2.10. The zero-order chi connectivity index (χ0) is 21.1. The van der Waals surface area contributed by atoms with Gasteiger partial charge < -0.3 is 28.3 Å². The molecule has 0 fully saturated rings. The number of fused-ring (bicyclic) bond motifs is 2. The van der Waals surface area contributed by atoms with Gasteiger partial charge in [0, 0.05) is 18.7 Å². The molecule has 30 heavy (non-hydrogen) atoms. The van der Waals surface area contributed by atoms with Crippen molar-refractivity contribution in [1.82, 2.24) is 4.57 Å². The summed E-state index contributed by atoms with van der Waals surface area (Å²) in [4.78, 5) is 17.9. The van der Waals surface area contributed by atoms with Crippen LogP contribution in [0.1, 0.15) is 17.3 Å². The molecule has 2 aromatic carbocycles. The van der Waals surface area contributed by atoms with Crippen LogP contribution in [-0.2, 0) is 11.3 Å². The number of methoxy groups -OCH3 is 2. The summed E-state index contributed by atoms with van der Waals surface area (Å²) in [6.07, 6.45) is 0. The summed E-state index contributed by atoms with van der Waals surface area (Å²) in [6.45, 7) is 3.69. The summed E-state index contributed by atoms with van der Waals surface area (Å²) in [6, 6.07) is 8.72. The Morgan fingerprint density at radius 1 is 1.13 bits per heavy atom. The maximum absolute atomic E-state index is 12.9. The Morgan fingerprint density at radius 3 is 2.67 bits per heavy atom. The fourth-order valence-electron chi connectivity index (χ4n) is 3.23. The standard InChI is InChI=1S/C21H22N2O6S/c1-4-27-10-9-23-18-15(25-2)7-8-16(26-3)19(18)30-21(23)22-20(24)13-5-6-14-17(11-13)29-12-28-14/h5-8,11H,4,9-10,12H2,1-3H3. The van der Waals surface area contributed by atoms with Crippen molar-refractivity contribution in [2.75, 3.05) is 34.2 Å². The van der Waals surface area contributed by atoms with Gasteiger partial charge in [0.25, 0.3) is 5.91 Å². The maximum Gasteiger partial charge on any atom is 0.279 e. The van der Waals surface area contributed by atoms with Gasteiger partial charge >= 0.3 is 0 Å². The van der Waals surface area contributed by atoms with E-state index >= 15 is 0 Å². The third-order valence-electron chi connectivity index (χ3n) is 4.67. The first-order valence-electron chi connectivity index (χ1n) is 9.47. The summed E-state index contributed by atoms with van der Waals surface area (Å²) in [7, 11) is 3.22. The van der Waals surface area contributed by atoms with Crippen molar-refractivity contribution in [2.45, 2.75) is 13.5 Å². The summed E-state index contributed by atoms with van der Waals surface area (Å²) in [5.74, 6) is 2.16. The molecular weight excluding hydrogens is 408 g/mol. The van der Waals surface area contributed by atoms with Crippen LogP contribution in [0.4, 0.5) is 0 Å². The molecule has 1 amide bonds. The van der Waals surface area contributed by atoms with Crippen molar-refractivity contribution in [3.8, 4) is 23.0 Å². The average molecular weight is 430 g/mol. The van der Waals surface area contributed by atoms with Gasteiger partial charge in [0.15, 0.2) is 16.3 Å². The molecule has 1 aromatic heterocycles. The Hall–Kier alpha value is -3.04. The predicted octanol–water partition coefficient (Wildman–Crippen LogP) is 3.23. The second-order valence-corrected chi connectivity index (χ2v) is 7.34. The highest BCUT2D eigenvalue weighted by atomic mass is 32.1. The number of hydrogen-bond acceptors (Lipinski definition) is 7.